The number of amides is 1. The standard InChI is InChI=1S/C23H25BrClN3O4/c1-3-5-17-12-18(24)14-26-22(17)21(16-6-7-19(25)20(13-16)28(30)31)15-8-10-27(11-9-15)23(29)32-4-2/h6-7,12-14H,3-5,8-11H2,1-2H3. The highest BCUT2D eigenvalue weighted by atomic mass is 79.9. The summed E-state index contributed by atoms with van der Waals surface area (Å²) in [5, 5.41) is 11.6. The number of aryl methyl sites for hydroxylation is 1. The average molecular weight is 523 g/mol. The van der Waals surface area contributed by atoms with Gasteiger partial charge in [0.2, 0.25) is 0 Å². The zero-order valence-electron chi connectivity index (χ0n) is 18.1. The molecular weight excluding hydrogens is 498 g/mol. The molecule has 2 heterocycles. The lowest BCUT2D eigenvalue weighted by atomic mass is 9.88. The second-order valence-electron chi connectivity index (χ2n) is 7.50. The highest BCUT2D eigenvalue weighted by Gasteiger charge is 2.26. The third-order valence-electron chi connectivity index (χ3n) is 5.37. The fourth-order valence-electron chi connectivity index (χ4n) is 3.91. The number of hydrogen-bond acceptors (Lipinski definition) is 5. The number of halogens is 2. The van der Waals surface area contributed by atoms with E-state index in [0.717, 1.165) is 39.7 Å². The van der Waals surface area contributed by atoms with E-state index in [1.165, 1.54) is 6.07 Å². The third-order valence-corrected chi connectivity index (χ3v) is 6.12. The first-order chi connectivity index (χ1) is 15.3. The molecule has 0 bridgehead atoms. The van der Waals surface area contributed by atoms with Crippen molar-refractivity contribution >= 4 is 44.9 Å². The molecule has 1 aromatic carbocycles. The van der Waals surface area contributed by atoms with Gasteiger partial charge in [-0.3, -0.25) is 15.1 Å². The number of nitrogens with zero attached hydrogens (tertiary/aromatic N) is 3. The first-order valence-electron chi connectivity index (χ1n) is 10.6. The van der Waals surface area contributed by atoms with Gasteiger partial charge >= 0.3 is 6.09 Å². The lowest BCUT2D eigenvalue weighted by Gasteiger charge is -2.29. The molecule has 2 aromatic rings. The quantitative estimate of drug-likeness (QED) is 0.323. The molecule has 0 unspecified atom stereocenters. The number of likely N-dealkylation sites (tertiary alicyclic amines) is 1. The van der Waals surface area contributed by atoms with Crippen LogP contribution in [0.1, 0.15) is 49.9 Å². The molecule has 1 aromatic heterocycles. The summed E-state index contributed by atoms with van der Waals surface area (Å²) in [4.78, 5) is 29.6. The zero-order valence-corrected chi connectivity index (χ0v) is 20.4. The minimum Gasteiger partial charge on any atom is -0.450 e. The van der Waals surface area contributed by atoms with Crippen molar-refractivity contribution in [3.05, 3.63) is 72.5 Å². The maximum absolute atomic E-state index is 12.1. The first-order valence-corrected chi connectivity index (χ1v) is 11.8. The molecule has 0 N–H and O–H groups in total. The molecule has 3 rings (SSSR count). The van der Waals surface area contributed by atoms with E-state index in [0.29, 0.717) is 38.1 Å². The van der Waals surface area contributed by atoms with Crippen LogP contribution in [0.15, 0.2) is 40.5 Å². The lowest BCUT2D eigenvalue weighted by Crippen LogP contribution is -2.37. The summed E-state index contributed by atoms with van der Waals surface area (Å²) in [6.45, 7) is 5.26. The molecule has 9 heteroatoms. The van der Waals surface area contributed by atoms with Crippen molar-refractivity contribution in [3.8, 4) is 0 Å². The Kier molecular flexibility index (Phi) is 8.26. The van der Waals surface area contributed by atoms with E-state index in [1.54, 1.807) is 30.2 Å². The Bertz CT molecular complexity index is 1050. The van der Waals surface area contributed by atoms with E-state index in [4.69, 9.17) is 21.3 Å². The van der Waals surface area contributed by atoms with Gasteiger partial charge in [0.1, 0.15) is 5.02 Å². The summed E-state index contributed by atoms with van der Waals surface area (Å²) in [5.41, 5.74) is 4.42. The molecule has 0 aliphatic carbocycles. The van der Waals surface area contributed by atoms with Crippen LogP contribution in [-0.4, -0.2) is 40.6 Å². The summed E-state index contributed by atoms with van der Waals surface area (Å²) < 4.78 is 6.01. The molecule has 0 saturated carbocycles. The minimum atomic E-state index is -0.473. The third kappa shape index (κ3) is 5.48. The maximum Gasteiger partial charge on any atom is 0.409 e. The molecule has 170 valence electrons. The number of hydrogen-bond donors (Lipinski definition) is 0. The summed E-state index contributed by atoms with van der Waals surface area (Å²) in [6, 6.07) is 6.92. The number of pyridine rings is 1. The van der Waals surface area contributed by atoms with Gasteiger partial charge in [0.05, 0.1) is 17.2 Å². The van der Waals surface area contributed by atoms with Crippen LogP contribution in [0.5, 0.6) is 0 Å². The molecule has 0 spiro atoms. The van der Waals surface area contributed by atoms with Crippen molar-refractivity contribution in [2.24, 2.45) is 0 Å². The van der Waals surface area contributed by atoms with Crippen molar-refractivity contribution in [1.82, 2.24) is 9.88 Å². The second kappa shape index (κ2) is 10.9. The van der Waals surface area contributed by atoms with Gasteiger partial charge in [-0.15, -0.1) is 0 Å². The van der Waals surface area contributed by atoms with Gasteiger partial charge in [-0.25, -0.2) is 4.79 Å². The van der Waals surface area contributed by atoms with Crippen LogP contribution in [0.3, 0.4) is 0 Å². The number of nitro groups is 1. The smallest absolute Gasteiger partial charge is 0.409 e. The predicted octanol–water partition coefficient (Wildman–Crippen LogP) is 6.41. The number of benzene rings is 1. The Morgan fingerprint density at radius 3 is 2.62 bits per heavy atom. The van der Waals surface area contributed by atoms with Gasteiger partial charge in [0, 0.05) is 35.4 Å². The zero-order chi connectivity index (χ0) is 23.3. The second-order valence-corrected chi connectivity index (χ2v) is 8.82. The van der Waals surface area contributed by atoms with E-state index < -0.39 is 4.92 Å². The molecule has 7 nitrogen and oxygen atoms in total. The Labute approximate surface area is 200 Å². The highest BCUT2D eigenvalue weighted by Crippen LogP contribution is 2.37. The van der Waals surface area contributed by atoms with Gasteiger partial charge in [0.25, 0.3) is 5.69 Å². The van der Waals surface area contributed by atoms with E-state index in [2.05, 4.69) is 22.9 Å². The fourth-order valence-corrected chi connectivity index (χ4v) is 4.47. The minimum absolute atomic E-state index is 0.0952. The highest BCUT2D eigenvalue weighted by molar-refractivity contribution is 9.10. The predicted molar refractivity (Wildman–Crippen MR) is 128 cm³/mol. The van der Waals surface area contributed by atoms with Crippen LogP contribution in [-0.2, 0) is 11.2 Å². The maximum atomic E-state index is 12.1. The molecule has 0 atom stereocenters. The Balaban J connectivity index is 2.12. The van der Waals surface area contributed by atoms with Crippen LogP contribution in [0, 0.1) is 10.1 Å². The Hall–Kier alpha value is -2.45. The number of piperidine rings is 1. The van der Waals surface area contributed by atoms with Crippen molar-refractivity contribution in [1.29, 1.82) is 0 Å². The molecule has 1 aliphatic heterocycles. The molecule has 1 amide bonds. The molecule has 1 aliphatic rings. The van der Waals surface area contributed by atoms with Crippen LogP contribution < -0.4 is 0 Å². The van der Waals surface area contributed by atoms with Crippen molar-refractivity contribution in [2.75, 3.05) is 19.7 Å². The number of rotatable bonds is 6. The van der Waals surface area contributed by atoms with Gasteiger partial charge in [-0.1, -0.05) is 36.6 Å². The monoisotopic (exact) mass is 521 g/mol. The van der Waals surface area contributed by atoms with Crippen molar-refractivity contribution in [2.45, 2.75) is 39.5 Å². The van der Waals surface area contributed by atoms with Crippen LogP contribution in [0.4, 0.5) is 10.5 Å². The normalized spacial score (nSPS) is 13.8. The SMILES string of the molecule is CCCc1cc(Br)cnc1C(=C1CCN(C(=O)OCC)CC1)c1ccc(Cl)c([N+](=O)[O-])c1. The van der Waals surface area contributed by atoms with E-state index in [9.17, 15) is 14.9 Å². The fraction of sp³-hybridized carbons (Fsp3) is 0.391. The van der Waals surface area contributed by atoms with Gasteiger partial charge < -0.3 is 9.64 Å². The largest absolute Gasteiger partial charge is 0.450 e. The van der Waals surface area contributed by atoms with Gasteiger partial charge in [-0.2, -0.15) is 0 Å². The molecule has 1 fully saturated rings. The van der Waals surface area contributed by atoms with E-state index in [-0.39, 0.29) is 16.8 Å². The van der Waals surface area contributed by atoms with Gasteiger partial charge in [-0.05, 0) is 65.4 Å². The summed E-state index contributed by atoms with van der Waals surface area (Å²) in [7, 11) is 0. The van der Waals surface area contributed by atoms with E-state index >= 15 is 0 Å². The topological polar surface area (TPSA) is 85.6 Å². The molecular formula is C23H25BrClN3O4. The van der Waals surface area contributed by atoms with Gasteiger partial charge in [0.15, 0.2) is 0 Å². The molecule has 1 saturated heterocycles. The lowest BCUT2D eigenvalue weighted by molar-refractivity contribution is -0.384. The van der Waals surface area contributed by atoms with Crippen LogP contribution >= 0.6 is 27.5 Å². The summed E-state index contributed by atoms with van der Waals surface area (Å²) in [5.74, 6) is 0. The summed E-state index contributed by atoms with van der Waals surface area (Å²) in [6.07, 6.45) is 4.45. The number of nitro benzene ring substituents is 1. The summed E-state index contributed by atoms with van der Waals surface area (Å²) >= 11 is 9.58. The van der Waals surface area contributed by atoms with Crippen LogP contribution in [0.25, 0.3) is 5.57 Å². The van der Waals surface area contributed by atoms with Crippen LogP contribution in [0.2, 0.25) is 5.02 Å². The molecule has 0 radical (unpaired) electrons. The number of aromatic nitrogens is 1. The number of carbonyl (C=O) groups excluding carboxylic acids is 1. The van der Waals surface area contributed by atoms with Crippen molar-refractivity contribution < 1.29 is 14.5 Å². The first kappa shape index (κ1) is 24.2. The van der Waals surface area contributed by atoms with E-state index in [1.807, 2.05) is 6.07 Å². The Morgan fingerprint density at radius 2 is 2.00 bits per heavy atom. The molecule has 32 heavy (non-hydrogen) atoms. The Morgan fingerprint density at radius 1 is 1.28 bits per heavy atom. The average Bonchev–Trinajstić information content (AvgIpc) is 2.77. The number of carbonyl (C=O) groups is 1. The number of ether oxygens (including phenoxy) is 1. The van der Waals surface area contributed by atoms with Crippen molar-refractivity contribution in [3.63, 3.8) is 0 Å².